The van der Waals surface area contributed by atoms with Crippen molar-refractivity contribution in [2.24, 2.45) is 11.3 Å². The molecule has 1 aromatic carbocycles. The Labute approximate surface area is 187 Å². The number of nitrogens with zero attached hydrogens (tertiary/aromatic N) is 3. The molecule has 2 aromatic rings. The second-order valence-electron chi connectivity index (χ2n) is 9.65. The van der Waals surface area contributed by atoms with Crippen LogP contribution >= 0.6 is 0 Å². The van der Waals surface area contributed by atoms with Crippen molar-refractivity contribution in [3.05, 3.63) is 45.0 Å². The van der Waals surface area contributed by atoms with Gasteiger partial charge >= 0.3 is 0 Å². The number of nitrogens with one attached hydrogen (secondary N) is 2. The summed E-state index contributed by atoms with van der Waals surface area (Å²) in [6, 6.07) is 6.54. The first-order chi connectivity index (χ1) is 15.1. The quantitative estimate of drug-likeness (QED) is 0.653. The van der Waals surface area contributed by atoms with Crippen LogP contribution in [0.1, 0.15) is 26.7 Å². The summed E-state index contributed by atoms with van der Waals surface area (Å²) >= 11 is 0. The summed E-state index contributed by atoms with van der Waals surface area (Å²) in [4.78, 5) is 53.9. The van der Waals surface area contributed by atoms with Crippen molar-refractivity contribution in [1.29, 1.82) is 0 Å². The van der Waals surface area contributed by atoms with Gasteiger partial charge in [-0.25, -0.2) is 4.68 Å². The first kappa shape index (κ1) is 23.7. The standard InChI is InChI=1S/C23H33N5O4/c1-23(2,15-26(3)4)14-24-20(30)16-9-11-27(12-10-16)19(29)13-28-22(32)18-8-6-5-7-17(18)21(31)25-28/h5-8,16H,9-15H2,1-4H3,(H,24,30)(H,25,31). The molecule has 9 heteroatoms. The highest BCUT2D eigenvalue weighted by Crippen LogP contribution is 2.19. The normalized spacial score (nSPS) is 15.3. The summed E-state index contributed by atoms with van der Waals surface area (Å²) in [7, 11) is 4.02. The third kappa shape index (κ3) is 5.64. The van der Waals surface area contributed by atoms with E-state index in [-0.39, 0.29) is 35.1 Å². The molecule has 1 aliphatic rings. The van der Waals surface area contributed by atoms with Gasteiger partial charge in [0.2, 0.25) is 11.8 Å². The molecule has 0 radical (unpaired) electrons. The van der Waals surface area contributed by atoms with E-state index in [1.807, 2.05) is 14.1 Å². The first-order valence-corrected chi connectivity index (χ1v) is 11.0. The number of fused-ring (bicyclic) bond motifs is 1. The van der Waals surface area contributed by atoms with Gasteiger partial charge in [0.1, 0.15) is 6.54 Å². The maximum absolute atomic E-state index is 12.7. The molecule has 0 aliphatic carbocycles. The summed E-state index contributed by atoms with van der Waals surface area (Å²) in [5.41, 5.74) is -0.830. The molecule has 0 spiro atoms. The molecule has 0 bridgehead atoms. The van der Waals surface area contributed by atoms with Crippen LogP contribution in [0.4, 0.5) is 0 Å². The van der Waals surface area contributed by atoms with E-state index in [0.717, 1.165) is 11.2 Å². The predicted octanol–water partition coefficient (Wildman–Crippen LogP) is 0.632. The summed E-state index contributed by atoms with van der Waals surface area (Å²) < 4.78 is 1.07. The summed E-state index contributed by atoms with van der Waals surface area (Å²) in [6.45, 7) is 6.38. The van der Waals surface area contributed by atoms with Gasteiger partial charge in [0.05, 0.1) is 10.8 Å². The SMILES string of the molecule is CN(C)CC(C)(C)CNC(=O)C1CCN(C(=O)Cn2[nH]c(=O)c3ccccc3c2=O)CC1. The first-order valence-electron chi connectivity index (χ1n) is 11.0. The van der Waals surface area contributed by atoms with Gasteiger partial charge in [0.15, 0.2) is 0 Å². The van der Waals surface area contributed by atoms with Crippen LogP contribution in [0, 0.1) is 11.3 Å². The molecule has 2 N–H and O–H groups in total. The third-order valence-corrected chi connectivity index (χ3v) is 5.88. The van der Waals surface area contributed by atoms with Crippen LogP contribution < -0.4 is 16.4 Å². The van der Waals surface area contributed by atoms with Gasteiger partial charge in [-0.15, -0.1) is 0 Å². The molecule has 1 saturated heterocycles. The maximum atomic E-state index is 12.7. The van der Waals surface area contributed by atoms with Crippen molar-refractivity contribution in [1.82, 2.24) is 24.9 Å². The molecule has 0 atom stereocenters. The third-order valence-electron chi connectivity index (χ3n) is 5.88. The molecular weight excluding hydrogens is 410 g/mol. The van der Waals surface area contributed by atoms with Gasteiger partial charge in [0.25, 0.3) is 11.1 Å². The van der Waals surface area contributed by atoms with Crippen molar-refractivity contribution >= 4 is 22.6 Å². The second kappa shape index (κ2) is 9.68. The fourth-order valence-corrected chi connectivity index (χ4v) is 4.37. The Kier molecular flexibility index (Phi) is 7.18. The Balaban J connectivity index is 1.55. The van der Waals surface area contributed by atoms with Crippen molar-refractivity contribution in [2.45, 2.75) is 33.2 Å². The zero-order valence-corrected chi connectivity index (χ0v) is 19.3. The van der Waals surface area contributed by atoms with E-state index in [1.165, 1.54) is 0 Å². The van der Waals surface area contributed by atoms with Crippen LogP contribution in [0.5, 0.6) is 0 Å². The van der Waals surface area contributed by atoms with Gasteiger partial charge in [-0.1, -0.05) is 26.0 Å². The lowest BCUT2D eigenvalue weighted by Crippen LogP contribution is -2.47. The lowest BCUT2D eigenvalue weighted by molar-refractivity contribution is -0.136. The minimum Gasteiger partial charge on any atom is -0.355 e. The van der Waals surface area contributed by atoms with Crippen LogP contribution in [0.2, 0.25) is 0 Å². The summed E-state index contributed by atoms with van der Waals surface area (Å²) in [5.74, 6) is -0.347. The highest BCUT2D eigenvalue weighted by Gasteiger charge is 2.29. The monoisotopic (exact) mass is 443 g/mol. The number of piperidine rings is 1. The van der Waals surface area contributed by atoms with Crippen LogP contribution in [0.3, 0.4) is 0 Å². The van der Waals surface area contributed by atoms with Gasteiger partial charge in [-0.05, 0) is 44.5 Å². The molecule has 32 heavy (non-hydrogen) atoms. The highest BCUT2D eigenvalue weighted by atomic mass is 16.2. The number of amides is 2. The lowest BCUT2D eigenvalue weighted by Gasteiger charge is -2.33. The number of hydrogen-bond donors (Lipinski definition) is 2. The van der Waals surface area contributed by atoms with Gasteiger partial charge in [0, 0.05) is 32.1 Å². The molecule has 0 unspecified atom stereocenters. The smallest absolute Gasteiger partial charge is 0.273 e. The van der Waals surface area contributed by atoms with Crippen molar-refractivity contribution in [3.8, 4) is 0 Å². The van der Waals surface area contributed by atoms with E-state index in [1.54, 1.807) is 29.2 Å². The number of H-pyrrole nitrogens is 1. The number of carbonyl (C=O) groups excluding carboxylic acids is 2. The minimum absolute atomic E-state index is 0.0269. The molecular formula is C23H33N5O4. The lowest BCUT2D eigenvalue weighted by atomic mass is 9.91. The van der Waals surface area contributed by atoms with Gasteiger partial charge < -0.3 is 15.1 Å². The fraction of sp³-hybridized carbons (Fsp3) is 0.565. The van der Waals surface area contributed by atoms with Crippen LogP contribution in [-0.2, 0) is 16.1 Å². The highest BCUT2D eigenvalue weighted by molar-refractivity contribution is 5.81. The Morgan fingerprint density at radius 2 is 1.75 bits per heavy atom. The molecule has 2 heterocycles. The molecule has 3 rings (SSSR count). The zero-order valence-electron chi connectivity index (χ0n) is 19.3. The average Bonchev–Trinajstić information content (AvgIpc) is 2.75. The molecule has 0 saturated carbocycles. The van der Waals surface area contributed by atoms with Crippen LogP contribution in [0.25, 0.3) is 10.8 Å². The number of aromatic amines is 1. The Hall–Kier alpha value is -2.94. The number of aromatic nitrogens is 2. The predicted molar refractivity (Wildman–Crippen MR) is 123 cm³/mol. The number of rotatable bonds is 7. The molecule has 9 nitrogen and oxygen atoms in total. The summed E-state index contributed by atoms with van der Waals surface area (Å²) in [5, 5.41) is 6.15. The fourth-order valence-electron chi connectivity index (χ4n) is 4.37. The Morgan fingerprint density at radius 1 is 1.12 bits per heavy atom. The number of benzene rings is 1. The van der Waals surface area contributed by atoms with E-state index in [0.29, 0.717) is 37.9 Å². The van der Waals surface area contributed by atoms with Crippen LogP contribution in [0.15, 0.2) is 33.9 Å². The van der Waals surface area contributed by atoms with E-state index < -0.39 is 11.1 Å². The van der Waals surface area contributed by atoms with Crippen molar-refractivity contribution in [2.75, 3.05) is 40.3 Å². The minimum atomic E-state index is -0.402. The maximum Gasteiger partial charge on any atom is 0.273 e. The molecule has 2 amide bonds. The Bertz CT molecular complexity index is 1090. The van der Waals surface area contributed by atoms with E-state index in [9.17, 15) is 19.2 Å². The topological polar surface area (TPSA) is 108 Å². The molecule has 1 aromatic heterocycles. The molecule has 1 aliphatic heterocycles. The van der Waals surface area contributed by atoms with Gasteiger partial charge in [-0.2, -0.15) is 0 Å². The number of carbonyl (C=O) groups is 2. The van der Waals surface area contributed by atoms with Crippen LogP contribution in [-0.4, -0.2) is 71.7 Å². The Morgan fingerprint density at radius 3 is 2.38 bits per heavy atom. The second-order valence-corrected chi connectivity index (χ2v) is 9.65. The van der Waals surface area contributed by atoms with E-state index in [2.05, 4.69) is 29.2 Å². The van der Waals surface area contributed by atoms with Crippen molar-refractivity contribution < 1.29 is 9.59 Å². The molecule has 1 fully saturated rings. The van der Waals surface area contributed by atoms with Crippen molar-refractivity contribution in [3.63, 3.8) is 0 Å². The zero-order chi connectivity index (χ0) is 23.5. The number of hydrogen-bond acceptors (Lipinski definition) is 5. The average molecular weight is 444 g/mol. The van der Waals surface area contributed by atoms with E-state index in [4.69, 9.17) is 0 Å². The summed E-state index contributed by atoms with van der Waals surface area (Å²) in [6.07, 6.45) is 1.16. The largest absolute Gasteiger partial charge is 0.355 e. The van der Waals surface area contributed by atoms with Gasteiger partial charge in [-0.3, -0.25) is 24.3 Å². The molecule has 174 valence electrons. The van der Waals surface area contributed by atoms with E-state index >= 15 is 0 Å². The number of likely N-dealkylation sites (tertiary alicyclic amines) is 1.